The van der Waals surface area contributed by atoms with Crippen LogP contribution in [0.3, 0.4) is 0 Å². The van der Waals surface area contributed by atoms with Crippen molar-refractivity contribution in [2.45, 2.75) is 18.9 Å². The normalized spacial score (nSPS) is 18.9. The third kappa shape index (κ3) is 2.60. The van der Waals surface area contributed by atoms with Crippen LogP contribution in [-0.2, 0) is 11.3 Å². The Kier molecular flexibility index (Phi) is 3.44. The van der Waals surface area contributed by atoms with Crippen molar-refractivity contribution in [3.63, 3.8) is 0 Å². The van der Waals surface area contributed by atoms with Gasteiger partial charge in [0.15, 0.2) is 0 Å². The molecule has 1 aromatic heterocycles. The van der Waals surface area contributed by atoms with Crippen LogP contribution in [-0.4, -0.2) is 23.0 Å². The van der Waals surface area contributed by atoms with Crippen molar-refractivity contribution < 1.29 is 4.74 Å². The topological polar surface area (TPSA) is 53.1 Å². The molecule has 4 nitrogen and oxygen atoms in total. The summed E-state index contributed by atoms with van der Waals surface area (Å²) in [5.74, 6) is 0.326. The molecule has 1 aliphatic rings. The number of hydrogen-bond acceptors (Lipinski definition) is 3. The molecule has 1 saturated heterocycles. The molecule has 1 fully saturated rings. The fourth-order valence-corrected chi connectivity index (χ4v) is 2.60. The monoisotopic (exact) mass is 277 g/mol. The van der Waals surface area contributed by atoms with Gasteiger partial charge in [0.05, 0.1) is 24.5 Å². The Hall–Kier alpha value is -1.52. The third-order valence-electron chi connectivity index (χ3n) is 3.43. The van der Waals surface area contributed by atoms with Crippen LogP contribution in [0.5, 0.6) is 0 Å². The van der Waals surface area contributed by atoms with Crippen LogP contribution < -0.4 is 5.73 Å². The second-order valence-electron chi connectivity index (χ2n) is 4.82. The second-order valence-corrected chi connectivity index (χ2v) is 5.23. The van der Waals surface area contributed by atoms with Gasteiger partial charge in [-0.15, -0.1) is 0 Å². The number of halogens is 1. The van der Waals surface area contributed by atoms with E-state index >= 15 is 0 Å². The Morgan fingerprint density at radius 2 is 2.26 bits per heavy atom. The number of benzene rings is 1. The summed E-state index contributed by atoms with van der Waals surface area (Å²) in [7, 11) is 0. The van der Waals surface area contributed by atoms with Crippen molar-refractivity contribution in [2.24, 2.45) is 0 Å². The predicted octanol–water partition coefficient (Wildman–Crippen LogP) is 2.67. The summed E-state index contributed by atoms with van der Waals surface area (Å²) in [6.45, 7) is 2.15. The van der Waals surface area contributed by atoms with E-state index in [0.717, 1.165) is 35.0 Å². The van der Waals surface area contributed by atoms with Crippen molar-refractivity contribution in [3.8, 4) is 0 Å². The summed E-state index contributed by atoms with van der Waals surface area (Å²) in [5.41, 5.74) is 8.77. The first-order valence-electron chi connectivity index (χ1n) is 6.38. The predicted molar refractivity (Wildman–Crippen MR) is 75.4 cm³/mol. The highest BCUT2D eigenvalue weighted by molar-refractivity contribution is 6.31. The molecule has 2 heterocycles. The number of anilines is 1. The molecule has 1 unspecified atom stereocenters. The summed E-state index contributed by atoms with van der Waals surface area (Å²) >= 11 is 6.16. The van der Waals surface area contributed by atoms with Crippen molar-refractivity contribution in [1.82, 2.24) is 9.78 Å². The van der Waals surface area contributed by atoms with Crippen molar-refractivity contribution in [3.05, 3.63) is 46.7 Å². The molecule has 19 heavy (non-hydrogen) atoms. The number of hydrogen-bond donors (Lipinski definition) is 1. The average molecular weight is 278 g/mol. The first kappa shape index (κ1) is 12.5. The van der Waals surface area contributed by atoms with E-state index in [0.29, 0.717) is 19.1 Å². The maximum atomic E-state index is 6.16. The molecule has 1 atom stereocenters. The lowest BCUT2D eigenvalue weighted by atomic mass is 10.0. The minimum absolute atomic E-state index is 0.326. The first-order valence-corrected chi connectivity index (χ1v) is 6.76. The van der Waals surface area contributed by atoms with Crippen LogP contribution in [0.25, 0.3) is 0 Å². The van der Waals surface area contributed by atoms with E-state index in [-0.39, 0.29) is 0 Å². The van der Waals surface area contributed by atoms with Gasteiger partial charge in [-0.25, -0.2) is 0 Å². The van der Waals surface area contributed by atoms with E-state index in [2.05, 4.69) is 5.10 Å². The SMILES string of the molecule is Nc1cn(Cc2ccccc2Cl)nc1C1CCOC1. The minimum Gasteiger partial charge on any atom is -0.396 e. The smallest absolute Gasteiger partial charge is 0.0908 e. The molecule has 0 bridgehead atoms. The minimum atomic E-state index is 0.326. The number of nitrogen functional groups attached to an aromatic ring is 1. The maximum absolute atomic E-state index is 6.16. The molecule has 2 aromatic rings. The summed E-state index contributed by atoms with van der Waals surface area (Å²) in [6.07, 6.45) is 2.87. The summed E-state index contributed by atoms with van der Waals surface area (Å²) in [5, 5.41) is 5.33. The van der Waals surface area contributed by atoms with E-state index in [1.165, 1.54) is 0 Å². The maximum Gasteiger partial charge on any atom is 0.0908 e. The fraction of sp³-hybridized carbons (Fsp3) is 0.357. The van der Waals surface area contributed by atoms with Gasteiger partial charge in [-0.2, -0.15) is 5.10 Å². The quantitative estimate of drug-likeness (QED) is 0.938. The number of nitrogens with two attached hydrogens (primary N) is 1. The van der Waals surface area contributed by atoms with Gasteiger partial charge in [0.25, 0.3) is 0 Å². The van der Waals surface area contributed by atoms with Gasteiger partial charge in [-0.3, -0.25) is 4.68 Å². The standard InChI is InChI=1S/C14H16ClN3O/c15-12-4-2-1-3-10(12)7-18-8-13(16)14(17-18)11-5-6-19-9-11/h1-4,8,11H,5-7,9,16H2. The summed E-state index contributed by atoms with van der Waals surface area (Å²) in [4.78, 5) is 0. The molecule has 1 aromatic carbocycles. The molecule has 0 radical (unpaired) electrons. The van der Waals surface area contributed by atoms with Crippen LogP contribution in [0.2, 0.25) is 5.02 Å². The Labute approximate surface area is 117 Å². The number of ether oxygens (including phenoxy) is 1. The van der Waals surface area contributed by atoms with E-state index in [9.17, 15) is 0 Å². The van der Waals surface area contributed by atoms with Crippen LogP contribution in [0.15, 0.2) is 30.5 Å². The zero-order chi connectivity index (χ0) is 13.2. The van der Waals surface area contributed by atoms with Gasteiger partial charge >= 0.3 is 0 Å². The third-order valence-corrected chi connectivity index (χ3v) is 3.80. The molecule has 2 N–H and O–H groups in total. The van der Waals surface area contributed by atoms with Gasteiger partial charge in [-0.05, 0) is 18.1 Å². The lowest BCUT2D eigenvalue weighted by Crippen LogP contribution is -2.05. The molecule has 5 heteroatoms. The molecule has 0 aliphatic carbocycles. The van der Waals surface area contributed by atoms with E-state index < -0.39 is 0 Å². The van der Waals surface area contributed by atoms with Gasteiger partial charge in [0.1, 0.15) is 0 Å². The van der Waals surface area contributed by atoms with Gasteiger partial charge in [-0.1, -0.05) is 29.8 Å². The van der Waals surface area contributed by atoms with Crippen molar-refractivity contribution >= 4 is 17.3 Å². The van der Waals surface area contributed by atoms with Crippen LogP contribution in [0.4, 0.5) is 5.69 Å². The highest BCUT2D eigenvalue weighted by Crippen LogP contribution is 2.28. The molecule has 0 amide bonds. The summed E-state index contributed by atoms with van der Waals surface area (Å²) in [6, 6.07) is 7.78. The van der Waals surface area contributed by atoms with E-state index in [4.69, 9.17) is 22.1 Å². The van der Waals surface area contributed by atoms with Gasteiger partial charge < -0.3 is 10.5 Å². The molecule has 3 rings (SSSR count). The van der Waals surface area contributed by atoms with Crippen LogP contribution in [0, 0.1) is 0 Å². The fourth-order valence-electron chi connectivity index (χ4n) is 2.40. The first-order chi connectivity index (χ1) is 9.24. The molecular weight excluding hydrogens is 262 g/mol. The van der Waals surface area contributed by atoms with Crippen molar-refractivity contribution in [2.75, 3.05) is 18.9 Å². The molecule has 0 spiro atoms. The average Bonchev–Trinajstić information content (AvgIpc) is 3.01. The highest BCUT2D eigenvalue weighted by Gasteiger charge is 2.23. The highest BCUT2D eigenvalue weighted by atomic mass is 35.5. The number of nitrogens with zero attached hydrogens (tertiary/aromatic N) is 2. The summed E-state index contributed by atoms with van der Waals surface area (Å²) < 4.78 is 7.24. The largest absolute Gasteiger partial charge is 0.396 e. The Balaban J connectivity index is 1.82. The molecule has 100 valence electrons. The van der Waals surface area contributed by atoms with Crippen molar-refractivity contribution in [1.29, 1.82) is 0 Å². The van der Waals surface area contributed by atoms with Crippen LogP contribution >= 0.6 is 11.6 Å². The lowest BCUT2D eigenvalue weighted by molar-refractivity contribution is 0.193. The lowest BCUT2D eigenvalue weighted by Gasteiger charge is -2.05. The van der Waals surface area contributed by atoms with E-state index in [1.54, 1.807) is 0 Å². The van der Waals surface area contributed by atoms with Gasteiger partial charge in [0, 0.05) is 23.7 Å². The molecular formula is C14H16ClN3O. The Morgan fingerprint density at radius 3 is 3.00 bits per heavy atom. The Bertz CT molecular complexity index is 576. The Morgan fingerprint density at radius 1 is 1.42 bits per heavy atom. The van der Waals surface area contributed by atoms with E-state index in [1.807, 2.05) is 35.1 Å². The molecule has 1 aliphatic heterocycles. The molecule has 0 saturated carbocycles. The zero-order valence-electron chi connectivity index (χ0n) is 10.6. The van der Waals surface area contributed by atoms with Crippen LogP contribution in [0.1, 0.15) is 23.6 Å². The van der Waals surface area contributed by atoms with Gasteiger partial charge in [0.2, 0.25) is 0 Å². The number of aromatic nitrogens is 2. The number of rotatable bonds is 3. The second kappa shape index (κ2) is 5.23. The zero-order valence-corrected chi connectivity index (χ0v) is 11.3.